The van der Waals surface area contributed by atoms with Crippen molar-refractivity contribution in [2.45, 2.75) is 26.7 Å². The van der Waals surface area contributed by atoms with Crippen LogP contribution < -0.4 is 4.90 Å². The standard InChI is InChI=1S/C19H22N2O5/c1-4-20(11-13(2)3)18(24)12-26-19(25)14-5-7-15(8-6-14)21-16(22)9-10-17(21)23/h5-8H,2,4,9-12H2,1,3H3. The van der Waals surface area contributed by atoms with Crippen LogP contribution in [0.25, 0.3) is 0 Å². The van der Waals surface area contributed by atoms with E-state index < -0.39 is 5.97 Å². The number of benzene rings is 1. The van der Waals surface area contributed by atoms with Gasteiger partial charge in [0.25, 0.3) is 5.91 Å². The van der Waals surface area contributed by atoms with Crippen LogP contribution in [0.1, 0.15) is 37.0 Å². The summed E-state index contributed by atoms with van der Waals surface area (Å²) < 4.78 is 5.05. The van der Waals surface area contributed by atoms with Crippen LogP contribution in [0, 0.1) is 0 Å². The lowest BCUT2D eigenvalue weighted by atomic mass is 10.2. The lowest BCUT2D eigenvalue weighted by Gasteiger charge is -2.20. The van der Waals surface area contributed by atoms with E-state index >= 15 is 0 Å². The van der Waals surface area contributed by atoms with E-state index in [1.165, 1.54) is 24.3 Å². The number of anilines is 1. The van der Waals surface area contributed by atoms with Gasteiger partial charge in [0.15, 0.2) is 6.61 Å². The number of rotatable bonds is 7. The third kappa shape index (κ3) is 4.56. The number of amides is 3. The van der Waals surface area contributed by atoms with E-state index in [0.29, 0.717) is 18.8 Å². The summed E-state index contributed by atoms with van der Waals surface area (Å²) in [6.07, 6.45) is 0.395. The van der Waals surface area contributed by atoms with E-state index in [1.54, 1.807) is 4.90 Å². The SMILES string of the molecule is C=C(C)CN(CC)C(=O)COC(=O)c1ccc(N2C(=O)CCC2=O)cc1. The zero-order valence-corrected chi connectivity index (χ0v) is 15.0. The van der Waals surface area contributed by atoms with E-state index in [9.17, 15) is 19.2 Å². The van der Waals surface area contributed by atoms with Gasteiger partial charge in [0.1, 0.15) is 0 Å². The van der Waals surface area contributed by atoms with Crippen molar-refractivity contribution in [1.29, 1.82) is 0 Å². The zero-order chi connectivity index (χ0) is 19.3. The van der Waals surface area contributed by atoms with E-state index in [4.69, 9.17) is 4.74 Å². The van der Waals surface area contributed by atoms with Gasteiger partial charge in [0.2, 0.25) is 11.8 Å². The van der Waals surface area contributed by atoms with Gasteiger partial charge < -0.3 is 9.64 Å². The molecular weight excluding hydrogens is 336 g/mol. The second-order valence-electron chi connectivity index (χ2n) is 6.11. The smallest absolute Gasteiger partial charge is 0.338 e. The van der Waals surface area contributed by atoms with Gasteiger partial charge in [-0.2, -0.15) is 0 Å². The second-order valence-corrected chi connectivity index (χ2v) is 6.11. The number of hydrogen-bond acceptors (Lipinski definition) is 5. The highest BCUT2D eigenvalue weighted by atomic mass is 16.5. The first-order valence-corrected chi connectivity index (χ1v) is 8.38. The van der Waals surface area contributed by atoms with E-state index in [-0.39, 0.29) is 42.7 Å². The minimum Gasteiger partial charge on any atom is -0.452 e. The van der Waals surface area contributed by atoms with Gasteiger partial charge in [-0.3, -0.25) is 19.3 Å². The lowest BCUT2D eigenvalue weighted by molar-refractivity contribution is -0.134. The topological polar surface area (TPSA) is 84.0 Å². The van der Waals surface area contributed by atoms with Crippen molar-refractivity contribution < 1.29 is 23.9 Å². The molecule has 1 fully saturated rings. The fraction of sp³-hybridized carbons (Fsp3) is 0.368. The quantitative estimate of drug-likeness (QED) is 0.422. The Bertz CT molecular complexity index is 723. The van der Waals surface area contributed by atoms with Crippen LogP contribution in [0.2, 0.25) is 0 Å². The third-order valence-corrected chi connectivity index (χ3v) is 3.93. The van der Waals surface area contributed by atoms with Crippen LogP contribution in [0.5, 0.6) is 0 Å². The molecule has 1 heterocycles. The first-order chi connectivity index (χ1) is 12.3. The van der Waals surface area contributed by atoms with Gasteiger partial charge in [-0.1, -0.05) is 12.2 Å². The van der Waals surface area contributed by atoms with Gasteiger partial charge in [-0.05, 0) is 38.1 Å². The summed E-state index contributed by atoms with van der Waals surface area (Å²) in [4.78, 5) is 50.2. The molecule has 0 saturated carbocycles. The summed E-state index contributed by atoms with van der Waals surface area (Å²) >= 11 is 0. The van der Waals surface area contributed by atoms with Crippen molar-refractivity contribution in [2.75, 3.05) is 24.6 Å². The van der Waals surface area contributed by atoms with Crippen molar-refractivity contribution >= 4 is 29.4 Å². The highest BCUT2D eigenvalue weighted by Crippen LogP contribution is 2.22. The van der Waals surface area contributed by atoms with Crippen molar-refractivity contribution in [3.8, 4) is 0 Å². The van der Waals surface area contributed by atoms with Gasteiger partial charge in [0, 0.05) is 25.9 Å². The Labute approximate surface area is 152 Å². The van der Waals surface area contributed by atoms with Gasteiger partial charge in [-0.25, -0.2) is 4.79 Å². The highest BCUT2D eigenvalue weighted by Gasteiger charge is 2.30. The molecule has 26 heavy (non-hydrogen) atoms. The summed E-state index contributed by atoms with van der Waals surface area (Å²) in [7, 11) is 0. The van der Waals surface area contributed by atoms with Crippen LogP contribution in [0.4, 0.5) is 5.69 Å². The summed E-state index contributed by atoms with van der Waals surface area (Å²) in [5.41, 5.74) is 1.50. The van der Waals surface area contributed by atoms with Crippen LogP contribution in [-0.4, -0.2) is 48.3 Å². The Morgan fingerprint density at radius 1 is 1.15 bits per heavy atom. The molecule has 7 heteroatoms. The van der Waals surface area contributed by atoms with Crippen molar-refractivity contribution in [3.63, 3.8) is 0 Å². The maximum Gasteiger partial charge on any atom is 0.338 e. The maximum absolute atomic E-state index is 12.1. The highest BCUT2D eigenvalue weighted by molar-refractivity contribution is 6.19. The Kier molecular flexibility index (Phi) is 6.27. The van der Waals surface area contributed by atoms with Crippen molar-refractivity contribution in [2.24, 2.45) is 0 Å². The van der Waals surface area contributed by atoms with Crippen molar-refractivity contribution in [3.05, 3.63) is 42.0 Å². The Balaban J connectivity index is 1.95. The third-order valence-electron chi connectivity index (χ3n) is 3.93. The lowest BCUT2D eigenvalue weighted by Crippen LogP contribution is -2.35. The van der Waals surface area contributed by atoms with Crippen molar-refractivity contribution in [1.82, 2.24) is 4.90 Å². The first kappa shape index (κ1) is 19.4. The predicted molar refractivity (Wildman–Crippen MR) is 95.5 cm³/mol. The molecule has 138 valence electrons. The first-order valence-electron chi connectivity index (χ1n) is 8.38. The number of hydrogen-bond donors (Lipinski definition) is 0. The molecule has 7 nitrogen and oxygen atoms in total. The predicted octanol–water partition coefficient (Wildman–Crippen LogP) is 1.92. The van der Waals surface area contributed by atoms with E-state index in [2.05, 4.69) is 6.58 Å². The molecule has 0 atom stereocenters. The molecule has 0 aromatic heterocycles. The molecule has 0 radical (unpaired) electrons. The zero-order valence-electron chi connectivity index (χ0n) is 15.0. The summed E-state index contributed by atoms with van der Waals surface area (Å²) in [5, 5.41) is 0. The van der Waals surface area contributed by atoms with E-state index in [1.807, 2.05) is 13.8 Å². The van der Waals surface area contributed by atoms with Gasteiger partial charge in [0.05, 0.1) is 11.3 Å². The molecule has 1 aliphatic rings. The molecule has 3 amide bonds. The Morgan fingerprint density at radius 3 is 2.23 bits per heavy atom. The minimum absolute atomic E-state index is 0.197. The number of carbonyl (C=O) groups is 4. The molecule has 2 rings (SSSR count). The summed E-state index contributed by atoms with van der Waals surface area (Å²) in [6, 6.07) is 5.96. The van der Waals surface area contributed by atoms with Crippen LogP contribution >= 0.6 is 0 Å². The monoisotopic (exact) mass is 358 g/mol. The van der Waals surface area contributed by atoms with Crippen LogP contribution in [0.15, 0.2) is 36.4 Å². The number of esters is 1. The molecular formula is C19H22N2O5. The van der Waals surface area contributed by atoms with Crippen LogP contribution in [-0.2, 0) is 19.1 Å². The fourth-order valence-electron chi connectivity index (χ4n) is 2.62. The summed E-state index contributed by atoms with van der Waals surface area (Å²) in [5.74, 6) is -1.45. The maximum atomic E-state index is 12.1. The normalized spacial score (nSPS) is 13.7. The van der Waals surface area contributed by atoms with Gasteiger partial charge in [-0.15, -0.1) is 0 Å². The molecule has 1 aromatic rings. The number of carbonyl (C=O) groups excluding carboxylic acids is 4. The number of ether oxygens (including phenoxy) is 1. The molecule has 0 aliphatic carbocycles. The van der Waals surface area contributed by atoms with E-state index in [0.717, 1.165) is 10.5 Å². The second kappa shape index (κ2) is 8.42. The van der Waals surface area contributed by atoms with Gasteiger partial charge >= 0.3 is 5.97 Å². The Morgan fingerprint density at radius 2 is 1.73 bits per heavy atom. The molecule has 1 saturated heterocycles. The summed E-state index contributed by atoms with van der Waals surface area (Å²) in [6.45, 7) is 7.98. The average molecular weight is 358 g/mol. The van der Waals surface area contributed by atoms with Crippen LogP contribution in [0.3, 0.4) is 0 Å². The minimum atomic E-state index is -0.643. The largest absolute Gasteiger partial charge is 0.452 e. The molecule has 0 spiro atoms. The molecule has 0 N–H and O–H groups in total. The fourth-order valence-corrected chi connectivity index (χ4v) is 2.62. The molecule has 1 aliphatic heterocycles. The molecule has 1 aromatic carbocycles. The molecule has 0 bridgehead atoms. The average Bonchev–Trinajstić information content (AvgIpc) is 2.95. The number of imide groups is 1. The number of likely N-dealkylation sites (N-methyl/N-ethyl adjacent to an activating group) is 1. The Hall–Kier alpha value is -2.96. The number of nitrogens with zero attached hydrogens (tertiary/aromatic N) is 2. The molecule has 0 unspecified atom stereocenters.